The van der Waals surface area contributed by atoms with Crippen LogP contribution in [0.3, 0.4) is 0 Å². The van der Waals surface area contributed by atoms with Crippen molar-refractivity contribution >= 4 is 18.2 Å². The molecule has 2 unspecified atom stereocenters. The zero-order valence-electron chi connectivity index (χ0n) is 7.21. The van der Waals surface area contributed by atoms with Crippen LogP contribution in [0.25, 0.3) is 0 Å². The maximum atomic E-state index is 11.1. The van der Waals surface area contributed by atoms with E-state index in [-0.39, 0.29) is 12.4 Å². The van der Waals surface area contributed by atoms with Crippen LogP contribution in [0.5, 0.6) is 0 Å². The molecule has 2 aliphatic rings. The van der Waals surface area contributed by atoms with E-state index in [2.05, 4.69) is 5.32 Å². The molecule has 0 radical (unpaired) electrons. The van der Waals surface area contributed by atoms with Crippen LogP contribution in [0.1, 0.15) is 25.7 Å². The molecule has 0 aromatic carbocycles. The van der Waals surface area contributed by atoms with Gasteiger partial charge in [0.1, 0.15) is 5.78 Å². The third-order valence-corrected chi connectivity index (χ3v) is 3.05. The van der Waals surface area contributed by atoms with Crippen LogP contribution < -0.4 is 5.32 Å². The number of hydrogen-bond donors (Lipinski definition) is 1. The second-order valence-electron chi connectivity index (χ2n) is 3.79. The minimum Gasteiger partial charge on any atom is -0.316 e. The van der Waals surface area contributed by atoms with E-state index in [0.29, 0.717) is 5.78 Å². The van der Waals surface area contributed by atoms with Crippen LogP contribution >= 0.6 is 12.4 Å². The number of piperidine rings is 1. The lowest BCUT2D eigenvalue weighted by Crippen LogP contribution is -2.40. The van der Waals surface area contributed by atoms with E-state index < -0.39 is 0 Å². The second kappa shape index (κ2) is 4.24. The SMILES string of the molecule is Cl.O=C1CCC2CNCCC2C1. The molecule has 1 aliphatic carbocycles. The van der Waals surface area contributed by atoms with E-state index in [1.165, 1.54) is 6.42 Å². The Kier molecular flexibility index (Phi) is 3.53. The third kappa shape index (κ3) is 1.99. The quantitative estimate of drug-likeness (QED) is 0.624. The Morgan fingerprint density at radius 1 is 1.25 bits per heavy atom. The summed E-state index contributed by atoms with van der Waals surface area (Å²) in [6, 6.07) is 0. The Morgan fingerprint density at radius 3 is 2.92 bits per heavy atom. The summed E-state index contributed by atoms with van der Waals surface area (Å²) in [7, 11) is 0. The molecular weight excluding hydrogens is 174 g/mol. The molecule has 0 aromatic rings. The van der Waals surface area contributed by atoms with Crippen molar-refractivity contribution in [2.45, 2.75) is 25.7 Å². The number of nitrogens with one attached hydrogen (secondary N) is 1. The molecule has 70 valence electrons. The summed E-state index contributed by atoms with van der Waals surface area (Å²) in [6.07, 6.45) is 4.06. The number of ketones is 1. The van der Waals surface area contributed by atoms with Gasteiger partial charge < -0.3 is 5.32 Å². The van der Waals surface area contributed by atoms with Gasteiger partial charge in [0.05, 0.1) is 0 Å². The van der Waals surface area contributed by atoms with Crippen molar-refractivity contribution in [3.05, 3.63) is 0 Å². The summed E-state index contributed by atoms with van der Waals surface area (Å²) in [5.74, 6) is 2.02. The van der Waals surface area contributed by atoms with Crippen LogP contribution in [0.2, 0.25) is 0 Å². The van der Waals surface area contributed by atoms with Crippen molar-refractivity contribution < 1.29 is 4.79 Å². The van der Waals surface area contributed by atoms with Crippen LogP contribution in [0.4, 0.5) is 0 Å². The van der Waals surface area contributed by atoms with E-state index in [4.69, 9.17) is 0 Å². The lowest BCUT2D eigenvalue weighted by molar-refractivity contribution is -0.123. The van der Waals surface area contributed by atoms with Crippen LogP contribution in [-0.4, -0.2) is 18.9 Å². The minimum absolute atomic E-state index is 0. The van der Waals surface area contributed by atoms with Gasteiger partial charge in [-0.2, -0.15) is 0 Å². The normalized spacial score (nSPS) is 35.2. The molecule has 0 bridgehead atoms. The molecule has 1 heterocycles. The minimum atomic E-state index is 0. The fourth-order valence-electron chi connectivity index (χ4n) is 2.32. The fourth-order valence-corrected chi connectivity index (χ4v) is 2.32. The summed E-state index contributed by atoms with van der Waals surface area (Å²) < 4.78 is 0. The molecule has 3 heteroatoms. The number of carbonyl (C=O) groups is 1. The first-order valence-electron chi connectivity index (χ1n) is 4.58. The van der Waals surface area contributed by atoms with Crippen molar-refractivity contribution in [2.24, 2.45) is 11.8 Å². The highest BCUT2D eigenvalue weighted by atomic mass is 35.5. The van der Waals surface area contributed by atoms with E-state index in [1.807, 2.05) is 0 Å². The summed E-state index contributed by atoms with van der Waals surface area (Å²) >= 11 is 0. The molecule has 2 nitrogen and oxygen atoms in total. The summed E-state index contributed by atoms with van der Waals surface area (Å²) in [5.41, 5.74) is 0. The Balaban J connectivity index is 0.000000720. The van der Waals surface area contributed by atoms with E-state index in [1.54, 1.807) is 0 Å². The van der Waals surface area contributed by atoms with Crippen molar-refractivity contribution in [2.75, 3.05) is 13.1 Å². The number of rotatable bonds is 0. The van der Waals surface area contributed by atoms with E-state index >= 15 is 0 Å². The summed E-state index contributed by atoms with van der Waals surface area (Å²) in [6.45, 7) is 2.27. The Bertz CT molecular complexity index is 172. The average Bonchev–Trinajstić information content (AvgIpc) is 2.04. The number of halogens is 1. The van der Waals surface area contributed by atoms with Gasteiger partial charge in [-0.15, -0.1) is 12.4 Å². The number of fused-ring (bicyclic) bond motifs is 1. The second-order valence-corrected chi connectivity index (χ2v) is 3.79. The highest BCUT2D eigenvalue weighted by Crippen LogP contribution is 2.31. The smallest absolute Gasteiger partial charge is 0.133 e. The van der Waals surface area contributed by atoms with E-state index in [0.717, 1.165) is 44.2 Å². The van der Waals surface area contributed by atoms with Crippen LogP contribution in [0, 0.1) is 11.8 Å². The first-order valence-corrected chi connectivity index (χ1v) is 4.58. The lowest BCUT2D eigenvalue weighted by atomic mass is 9.75. The predicted molar refractivity (Wildman–Crippen MR) is 50.6 cm³/mol. The first-order chi connectivity index (χ1) is 5.36. The topological polar surface area (TPSA) is 29.1 Å². The highest BCUT2D eigenvalue weighted by molar-refractivity contribution is 5.85. The van der Waals surface area contributed by atoms with Gasteiger partial charge in [0.15, 0.2) is 0 Å². The summed E-state index contributed by atoms with van der Waals surface area (Å²) in [4.78, 5) is 11.1. The van der Waals surface area contributed by atoms with Gasteiger partial charge in [0, 0.05) is 12.8 Å². The molecule has 1 N–H and O–H groups in total. The van der Waals surface area contributed by atoms with Gasteiger partial charge in [-0.05, 0) is 37.8 Å². The number of carbonyl (C=O) groups excluding carboxylic acids is 1. The largest absolute Gasteiger partial charge is 0.316 e. The van der Waals surface area contributed by atoms with Crippen LogP contribution in [0.15, 0.2) is 0 Å². The molecule has 12 heavy (non-hydrogen) atoms. The van der Waals surface area contributed by atoms with Gasteiger partial charge in [0.25, 0.3) is 0 Å². The standard InChI is InChI=1S/C9H15NO.ClH/c11-9-2-1-8-6-10-4-3-7(8)5-9;/h7-8,10H,1-6H2;1H. The maximum absolute atomic E-state index is 11.1. The molecule has 1 aliphatic heterocycles. The van der Waals surface area contributed by atoms with Crippen molar-refractivity contribution in [3.63, 3.8) is 0 Å². The number of Topliss-reactive ketones (excluding diaryl/α,β-unsaturated/α-hetero) is 1. The Morgan fingerprint density at radius 2 is 2.08 bits per heavy atom. The van der Waals surface area contributed by atoms with Gasteiger partial charge in [-0.1, -0.05) is 0 Å². The molecule has 0 amide bonds. The van der Waals surface area contributed by atoms with Gasteiger partial charge in [0.2, 0.25) is 0 Å². The molecule has 2 fully saturated rings. The molecule has 0 aromatic heterocycles. The first kappa shape index (κ1) is 10.0. The predicted octanol–water partition coefficient (Wildman–Crippen LogP) is 1.39. The van der Waals surface area contributed by atoms with Gasteiger partial charge >= 0.3 is 0 Å². The molecule has 1 saturated heterocycles. The Labute approximate surface area is 79.5 Å². The highest BCUT2D eigenvalue weighted by Gasteiger charge is 2.30. The molecule has 0 spiro atoms. The Hall–Kier alpha value is -0.0800. The third-order valence-electron chi connectivity index (χ3n) is 3.05. The monoisotopic (exact) mass is 189 g/mol. The van der Waals surface area contributed by atoms with E-state index in [9.17, 15) is 4.79 Å². The zero-order valence-corrected chi connectivity index (χ0v) is 8.03. The molecule has 2 atom stereocenters. The van der Waals surface area contributed by atoms with Crippen molar-refractivity contribution in [3.8, 4) is 0 Å². The fraction of sp³-hybridized carbons (Fsp3) is 0.889. The van der Waals surface area contributed by atoms with Gasteiger partial charge in [-0.3, -0.25) is 4.79 Å². The molecular formula is C9H16ClNO. The summed E-state index contributed by atoms with van der Waals surface area (Å²) in [5, 5.41) is 3.39. The molecule has 2 rings (SSSR count). The number of hydrogen-bond acceptors (Lipinski definition) is 2. The molecule has 1 saturated carbocycles. The zero-order chi connectivity index (χ0) is 7.68. The lowest BCUT2D eigenvalue weighted by Gasteiger charge is -2.35. The van der Waals surface area contributed by atoms with Gasteiger partial charge in [-0.25, -0.2) is 0 Å². The van der Waals surface area contributed by atoms with Crippen molar-refractivity contribution in [1.82, 2.24) is 5.32 Å². The maximum Gasteiger partial charge on any atom is 0.133 e. The average molecular weight is 190 g/mol. The van der Waals surface area contributed by atoms with Crippen LogP contribution in [-0.2, 0) is 4.79 Å². The van der Waals surface area contributed by atoms with Crippen molar-refractivity contribution in [1.29, 1.82) is 0 Å².